The Labute approximate surface area is 185 Å². The van der Waals surface area contributed by atoms with Gasteiger partial charge >= 0.3 is 0 Å². The van der Waals surface area contributed by atoms with Crippen molar-refractivity contribution in [2.24, 2.45) is 23.7 Å². The van der Waals surface area contributed by atoms with E-state index in [1.54, 1.807) is 64.2 Å². The molecule has 2 aliphatic carbocycles. The number of unbranched alkanes of at least 4 members (excludes halogenated alkanes) is 11. The van der Waals surface area contributed by atoms with Gasteiger partial charge in [0.25, 0.3) is 0 Å². The summed E-state index contributed by atoms with van der Waals surface area (Å²) in [5.41, 5.74) is 0. The molecule has 0 unspecified atom stereocenters. The van der Waals surface area contributed by atoms with E-state index in [-0.39, 0.29) is 0 Å². The monoisotopic (exact) mass is 404 g/mol. The van der Waals surface area contributed by atoms with Crippen LogP contribution in [0.15, 0.2) is 0 Å². The molecule has 0 heterocycles. The molecule has 0 N–H and O–H groups in total. The van der Waals surface area contributed by atoms with Gasteiger partial charge in [-0.25, -0.2) is 0 Å². The fourth-order valence-corrected chi connectivity index (χ4v) is 6.50. The number of hydrogen-bond acceptors (Lipinski definition) is 0. The van der Waals surface area contributed by atoms with Gasteiger partial charge in [0.05, 0.1) is 0 Å². The Balaban J connectivity index is 1.45. The zero-order valence-corrected chi connectivity index (χ0v) is 20.6. The van der Waals surface area contributed by atoms with Crippen molar-refractivity contribution >= 4 is 0 Å². The molecule has 0 aliphatic heterocycles. The maximum atomic E-state index is 2.32. The fraction of sp³-hybridized carbons (Fsp3) is 1.00. The molecule has 0 heteroatoms. The Kier molecular flexibility index (Phi) is 14.5. The summed E-state index contributed by atoms with van der Waals surface area (Å²) in [5.74, 6) is 4.39. The summed E-state index contributed by atoms with van der Waals surface area (Å²) in [6.45, 7) is 4.64. The lowest BCUT2D eigenvalue weighted by molar-refractivity contribution is 0.139. The molecule has 0 spiro atoms. The minimum Gasteiger partial charge on any atom is -0.0654 e. The van der Waals surface area contributed by atoms with E-state index in [0.29, 0.717) is 0 Å². The van der Waals surface area contributed by atoms with Crippen molar-refractivity contribution in [3.63, 3.8) is 0 Å². The average Bonchev–Trinajstić information content (AvgIpc) is 2.76. The molecule has 0 aromatic heterocycles. The highest BCUT2D eigenvalue weighted by Gasteiger charge is 2.30. The van der Waals surface area contributed by atoms with Gasteiger partial charge < -0.3 is 0 Å². The molecule has 2 saturated carbocycles. The van der Waals surface area contributed by atoms with Crippen molar-refractivity contribution in [2.45, 2.75) is 162 Å². The van der Waals surface area contributed by atoms with E-state index in [4.69, 9.17) is 0 Å². The highest BCUT2D eigenvalue weighted by Crippen LogP contribution is 2.43. The van der Waals surface area contributed by atoms with E-state index < -0.39 is 0 Å². The van der Waals surface area contributed by atoms with Crippen LogP contribution in [0.1, 0.15) is 162 Å². The Morgan fingerprint density at radius 3 is 1.03 bits per heavy atom. The summed E-state index contributed by atoms with van der Waals surface area (Å²) < 4.78 is 0. The van der Waals surface area contributed by atoms with Crippen LogP contribution in [-0.2, 0) is 0 Å². The van der Waals surface area contributed by atoms with E-state index in [0.717, 1.165) is 23.7 Å². The highest BCUT2D eigenvalue weighted by atomic mass is 14.4. The first-order chi connectivity index (χ1) is 14.3. The Bertz CT molecular complexity index is 343. The van der Waals surface area contributed by atoms with Crippen LogP contribution in [-0.4, -0.2) is 0 Å². The minimum atomic E-state index is 1.09. The molecule has 2 aliphatic rings. The maximum absolute atomic E-state index is 2.32. The second kappa shape index (κ2) is 16.7. The lowest BCUT2D eigenvalue weighted by Crippen LogP contribution is -2.25. The molecular weight excluding hydrogens is 348 g/mol. The van der Waals surface area contributed by atoms with Crippen LogP contribution >= 0.6 is 0 Å². The van der Waals surface area contributed by atoms with Gasteiger partial charge in [0, 0.05) is 0 Å². The third-order valence-electron chi connectivity index (χ3n) is 8.63. The predicted molar refractivity (Wildman–Crippen MR) is 131 cm³/mol. The van der Waals surface area contributed by atoms with Gasteiger partial charge in [-0.3, -0.25) is 0 Å². The zero-order chi connectivity index (χ0) is 20.6. The molecule has 0 atom stereocenters. The quantitative estimate of drug-likeness (QED) is 0.224. The number of rotatable bonds is 16. The first-order valence-electron chi connectivity index (χ1n) is 14.3. The van der Waals surface area contributed by atoms with Crippen molar-refractivity contribution in [3.8, 4) is 0 Å². The van der Waals surface area contributed by atoms with Gasteiger partial charge in [-0.2, -0.15) is 0 Å². The van der Waals surface area contributed by atoms with Gasteiger partial charge in [-0.1, -0.05) is 136 Å². The van der Waals surface area contributed by atoms with Crippen LogP contribution < -0.4 is 0 Å². The first kappa shape index (κ1) is 25.3. The van der Waals surface area contributed by atoms with Crippen LogP contribution in [0.4, 0.5) is 0 Å². The molecule has 0 bridgehead atoms. The van der Waals surface area contributed by atoms with Crippen molar-refractivity contribution in [1.29, 1.82) is 0 Å². The van der Waals surface area contributed by atoms with E-state index in [1.165, 1.54) is 83.5 Å². The van der Waals surface area contributed by atoms with Crippen LogP contribution in [0.3, 0.4) is 0 Å². The van der Waals surface area contributed by atoms with Crippen molar-refractivity contribution in [3.05, 3.63) is 0 Å². The summed E-state index contributed by atoms with van der Waals surface area (Å²) in [7, 11) is 0. The van der Waals surface area contributed by atoms with Crippen LogP contribution in [0.5, 0.6) is 0 Å². The summed E-state index contributed by atoms with van der Waals surface area (Å²) in [6.07, 6.45) is 34.8. The Morgan fingerprint density at radius 1 is 0.379 bits per heavy atom. The molecule has 2 rings (SSSR count). The van der Waals surface area contributed by atoms with E-state index in [9.17, 15) is 0 Å². The Morgan fingerprint density at radius 2 is 0.690 bits per heavy atom. The third kappa shape index (κ3) is 11.3. The minimum absolute atomic E-state index is 1.09. The lowest BCUT2D eigenvalue weighted by atomic mass is 9.68. The molecule has 0 saturated heterocycles. The lowest BCUT2D eigenvalue weighted by Gasteiger charge is -2.38. The average molecular weight is 405 g/mol. The molecule has 2 fully saturated rings. The predicted octanol–water partition coefficient (Wildman–Crippen LogP) is 10.5. The van der Waals surface area contributed by atoms with Gasteiger partial charge in [0.2, 0.25) is 0 Å². The van der Waals surface area contributed by atoms with Gasteiger partial charge in [-0.05, 0) is 49.4 Å². The standard InChI is InChI=1S/C29H56/c1-3-5-7-9-11-13-15-17-27-20-24-29(25-21-27)28-22-18-26(19-23-28)16-14-12-10-8-6-4-2/h26-29H,3-25H2,1-2H3/t26-,27?,28-,29?. The van der Waals surface area contributed by atoms with Crippen molar-refractivity contribution < 1.29 is 0 Å². The first-order valence-corrected chi connectivity index (χ1v) is 14.3. The molecule has 0 aromatic carbocycles. The molecule has 0 aromatic rings. The normalized spacial score (nSPS) is 27.9. The zero-order valence-electron chi connectivity index (χ0n) is 20.6. The van der Waals surface area contributed by atoms with Gasteiger partial charge in [-0.15, -0.1) is 0 Å². The molecule has 0 radical (unpaired) electrons. The van der Waals surface area contributed by atoms with Crippen LogP contribution in [0.25, 0.3) is 0 Å². The van der Waals surface area contributed by atoms with E-state index in [1.807, 2.05) is 0 Å². The summed E-state index contributed by atoms with van der Waals surface area (Å²) in [6, 6.07) is 0. The molecule has 0 amide bonds. The van der Waals surface area contributed by atoms with Crippen LogP contribution in [0, 0.1) is 23.7 Å². The highest BCUT2D eigenvalue weighted by molar-refractivity contribution is 4.82. The number of hydrogen-bond donors (Lipinski definition) is 0. The summed E-state index contributed by atoms with van der Waals surface area (Å²) in [5, 5.41) is 0. The molecule has 172 valence electrons. The van der Waals surface area contributed by atoms with Crippen LogP contribution in [0.2, 0.25) is 0 Å². The van der Waals surface area contributed by atoms with Crippen molar-refractivity contribution in [1.82, 2.24) is 0 Å². The molecule has 0 nitrogen and oxygen atoms in total. The van der Waals surface area contributed by atoms with Gasteiger partial charge in [0.15, 0.2) is 0 Å². The SMILES string of the molecule is CCCCCCCCCC1CCC([C@H]2CC[C@H](CCCCCCCC)CC2)CC1. The molecule has 29 heavy (non-hydrogen) atoms. The smallest absolute Gasteiger partial charge is 0.0386 e. The largest absolute Gasteiger partial charge is 0.0654 e. The summed E-state index contributed by atoms with van der Waals surface area (Å²) in [4.78, 5) is 0. The van der Waals surface area contributed by atoms with E-state index in [2.05, 4.69) is 13.8 Å². The summed E-state index contributed by atoms with van der Waals surface area (Å²) >= 11 is 0. The maximum Gasteiger partial charge on any atom is -0.0386 e. The fourth-order valence-electron chi connectivity index (χ4n) is 6.50. The third-order valence-corrected chi connectivity index (χ3v) is 8.63. The second-order valence-corrected chi connectivity index (χ2v) is 11.0. The van der Waals surface area contributed by atoms with Gasteiger partial charge in [0.1, 0.15) is 0 Å². The second-order valence-electron chi connectivity index (χ2n) is 11.0. The topological polar surface area (TPSA) is 0 Å². The molecular formula is C29H56. The van der Waals surface area contributed by atoms with Crippen molar-refractivity contribution in [2.75, 3.05) is 0 Å². The Hall–Kier alpha value is 0. The van der Waals surface area contributed by atoms with E-state index >= 15 is 0 Å².